The monoisotopic (exact) mass is 431 g/mol. The van der Waals surface area contributed by atoms with Crippen LogP contribution in [-0.4, -0.2) is 73.4 Å². The van der Waals surface area contributed by atoms with Gasteiger partial charge < -0.3 is 15.5 Å². The number of thioether (sulfide) groups is 1. The lowest BCUT2D eigenvalue weighted by Crippen LogP contribution is -2.49. The first-order valence-electron chi connectivity index (χ1n) is 10.1. The predicted molar refractivity (Wildman–Crippen MR) is 123 cm³/mol. The number of hydrogen-bond acceptors (Lipinski definition) is 6. The minimum atomic E-state index is -0.191. The van der Waals surface area contributed by atoms with Gasteiger partial charge in [-0.25, -0.2) is 14.4 Å². The third kappa shape index (κ3) is 6.56. The molecule has 0 radical (unpaired) electrons. The summed E-state index contributed by atoms with van der Waals surface area (Å²) in [6.45, 7) is 6.20. The van der Waals surface area contributed by atoms with Crippen LogP contribution >= 0.6 is 11.8 Å². The summed E-state index contributed by atoms with van der Waals surface area (Å²) >= 11 is 1.69. The summed E-state index contributed by atoms with van der Waals surface area (Å²) in [6.07, 6.45) is 5.59. The summed E-state index contributed by atoms with van der Waals surface area (Å²) in [5, 5.41) is 6.71. The molecule has 7 nitrogen and oxygen atoms in total. The Labute approximate surface area is 182 Å². The summed E-state index contributed by atoms with van der Waals surface area (Å²) in [6, 6.07) is 6.81. The Hall–Kier alpha value is -2.39. The number of benzene rings is 1. The van der Waals surface area contributed by atoms with Crippen molar-refractivity contribution in [3.8, 4) is 0 Å². The Kier molecular flexibility index (Phi) is 8.70. The van der Waals surface area contributed by atoms with Gasteiger partial charge in [-0.1, -0.05) is 6.07 Å². The van der Waals surface area contributed by atoms with Crippen LogP contribution in [0.15, 0.2) is 41.7 Å². The summed E-state index contributed by atoms with van der Waals surface area (Å²) in [7, 11) is 1.77. The SMILES string of the molecule is CN=C(NCCN1CCN(c2ncccn2)CC1)NCc1ccc(F)cc1CSC. The Bertz CT molecular complexity index is 810. The van der Waals surface area contributed by atoms with Crippen molar-refractivity contribution in [3.63, 3.8) is 0 Å². The number of nitrogens with zero attached hydrogens (tertiary/aromatic N) is 5. The summed E-state index contributed by atoms with van der Waals surface area (Å²) in [5.41, 5.74) is 2.11. The number of halogens is 1. The number of aromatic nitrogens is 2. The highest BCUT2D eigenvalue weighted by Gasteiger charge is 2.18. The highest BCUT2D eigenvalue weighted by molar-refractivity contribution is 7.97. The first kappa shape index (κ1) is 22.3. The van der Waals surface area contributed by atoms with Crippen LogP contribution in [0.1, 0.15) is 11.1 Å². The Balaban J connectivity index is 1.39. The number of piperazine rings is 1. The van der Waals surface area contributed by atoms with Gasteiger partial charge in [0, 0.05) is 71.0 Å². The van der Waals surface area contributed by atoms with E-state index < -0.39 is 0 Å². The lowest BCUT2D eigenvalue weighted by molar-refractivity contribution is 0.260. The molecule has 1 aromatic carbocycles. The molecule has 2 heterocycles. The van der Waals surface area contributed by atoms with Crippen molar-refractivity contribution in [1.29, 1.82) is 0 Å². The average molecular weight is 432 g/mol. The van der Waals surface area contributed by atoms with Gasteiger partial charge in [0.05, 0.1) is 0 Å². The minimum absolute atomic E-state index is 0.191. The van der Waals surface area contributed by atoms with Crippen LogP contribution < -0.4 is 15.5 Å². The van der Waals surface area contributed by atoms with Crippen molar-refractivity contribution in [2.45, 2.75) is 12.3 Å². The van der Waals surface area contributed by atoms with Crippen molar-refractivity contribution in [2.24, 2.45) is 4.99 Å². The van der Waals surface area contributed by atoms with Gasteiger partial charge in [-0.3, -0.25) is 9.89 Å². The van der Waals surface area contributed by atoms with Gasteiger partial charge in [-0.2, -0.15) is 11.8 Å². The molecule has 0 bridgehead atoms. The normalized spacial score (nSPS) is 15.3. The van der Waals surface area contributed by atoms with Crippen molar-refractivity contribution >= 4 is 23.7 Å². The van der Waals surface area contributed by atoms with Gasteiger partial charge in [0.15, 0.2) is 5.96 Å². The lowest BCUT2D eigenvalue weighted by atomic mass is 10.1. The molecule has 9 heteroatoms. The zero-order chi connectivity index (χ0) is 21.2. The summed E-state index contributed by atoms with van der Waals surface area (Å²) in [4.78, 5) is 17.6. The number of anilines is 1. The van der Waals surface area contributed by atoms with Crippen LogP contribution in [0, 0.1) is 5.82 Å². The fraction of sp³-hybridized carbons (Fsp3) is 0.476. The minimum Gasteiger partial charge on any atom is -0.355 e. The predicted octanol–water partition coefficient (Wildman–Crippen LogP) is 1.97. The van der Waals surface area contributed by atoms with Crippen molar-refractivity contribution in [2.75, 3.05) is 57.5 Å². The molecule has 2 aromatic rings. The van der Waals surface area contributed by atoms with Crippen LogP contribution in [0.5, 0.6) is 0 Å². The van der Waals surface area contributed by atoms with Crippen LogP contribution in [-0.2, 0) is 12.3 Å². The van der Waals surface area contributed by atoms with E-state index in [-0.39, 0.29) is 5.82 Å². The van der Waals surface area contributed by atoms with E-state index in [0.717, 1.165) is 68.1 Å². The molecule has 1 aromatic heterocycles. The molecule has 30 heavy (non-hydrogen) atoms. The maximum absolute atomic E-state index is 13.5. The van der Waals surface area contributed by atoms with E-state index in [1.165, 1.54) is 6.07 Å². The number of rotatable bonds is 8. The van der Waals surface area contributed by atoms with Crippen molar-refractivity contribution in [3.05, 3.63) is 53.6 Å². The Morgan fingerprint density at radius 1 is 1.13 bits per heavy atom. The third-order valence-electron chi connectivity index (χ3n) is 5.07. The summed E-state index contributed by atoms with van der Waals surface area (Å²) < 4.78 is 13.5. The van der Waals surface area contributed by atoms with E-state index in [0.29, 0.717) is 6.54 Å². The van der Waals surface area contributed by atoms with Crippen LogP contribution in [0.3, 0.4) is 0 Å². The zero-order valence-electron chi connectivity index (χ0n) is 17.6. The standard InChI is InChI=1S/C21H30FN7S/c1-23-20(27-15-17-4-5-19(22)14-18(17)16-30-2)24-8-9-28-10-12-29(13-11-28)21-25-6-3-7-26-21/h3-7,14H,8-13,15-16H2,1-2H3,(H2,23,24,27). The molecule has 3 rings (SSSR count). The Morgan fingerprint density at radius 2 is 1.90 bits per heavy atom. The molecule has 0 aliphatic carbocycles. The largest absolute Gasteiger partial charge is 0.355 e. The Morgan fingerprint density at radius 3 is 2.60 bits per heavy atom. The third-order valence-corrected chi connectivity index (χ3v) is 5.67. The van der Waals surface area contributed by atoms with Crippen molar-refractivity contribution < 1.29 is 4.39 Å². The molecule has 0 unspecified atom stereocenters. The number of aliphatic imine (C=N–C) groups is 1. The van der Waals surface area contributed by atoms with Crippen molar-refractivity contribution in [1.82, 2.24) is 25.5 Å². The fourth-order valence-electron chi connectivity index (χ4n) is 3.41. The van der Waals surface area contributed by atoms with Gasteiger partial charge in [-0.15, -0.1) is 0 Å². The maximum Gasteiger partial charge on any atom is 0.225 e. The van der Waals surface area contributed by atoms with E-state index in [2.05, 4.69) is 35.4 Å². The molecule has 0 saturated carbocycles. The maximum atomic E-state index is 13.5. The second-order valence-electron chi connectivity index (χ2n) is 7.08. The quantitative estimate of drug-likeness (QED) is 0.489. The molecule has 0 amide bonds. The average Bonchev–Trinajstić information content (AvgIpc) is 2.78. The molecular formula is C21H30FN7S. The highest BCUT2D eigenvalue weighted by Crippen LogP contribution is 2.16. The van der Waals surface area contributed by atoms with E-state index in [9.17, 15) is 4.39 Å². The number of guanidine groups is 1. The topological polar surface area (TPSA) is 68.7 Å². The first-order valence-corrected chi connectivity index (χ1v) is 11.5. The van der Waals surface area contributed by atoms with Crippen LogP contribution in [0.25, 0.3) is 0 Å². The summed E-state index contributed by atoms with van der Waals surface area (Å²) in [5.74, 6) is 2.16. The molecule has 1 aliphatic heterocycles. The molecule has 1 fully saturated rings. The van der Waals surface area contributed by atoms with E-state index in [1.807, 2.05) is 18.4 Å². The van der Waals surface area contributed by atoms with Crippen LogP contribution in [0.4, 0.5) is 10.3 Å². The van der Waals surface area contributed by atoms with Gasteiger partial charge in [-0.05, 0) is 35.6 Å². The fourth-order valence-corrected chi connectivity index (χ4v) is 3.99. The molecule has 0 atom stereocenters. The number of nitrogens with one attached hydrogen (secondary N) is 2. The van der Waals surface area contributed by atoms with Gasteiger partial charge in [0.1, 0.15) is 5.82 Å². The molecule has 2 N–H and O–H groups in total. The second kappa shape index (κ2) is 11.7. The molecule has 1 saturated heterocycles. The molecule has 0 spiro atoms. The van der Waals surface area contributed by atoms with Gasteiger partial charge in [0.2, 0.25) is 5.95 Å². The second-order valence-corrected chi connectivity index (χ2v) is 7.94. The van der Waals surface area contributed by atoms with Gasteiger partial charge in [0.25, 0.3) is 0 Å². The molecular weight excluding hydrogens is 401 g/mol. The van der Waals surface area contributed by atoms with E-state index in [1.54, 1.807) is 37.3 Å². The smallest absolute Gasteiger partial charge is 0.225 e. The molecule has 1 aliphatic rings. The van der Waals surface area contributed by atoms with E-state index >= 15 is 0 Å². The lowest BCUT2D eigenvalue weighted by Gasteiger charge is -2.34. The van der Waals surface area contributed by atoms with Gasteiger partial charge >= 0.3 is 0 Å². The molecule has 162 valence electrons. The van der Waals surface area contributed by atoms with E-state index in [4.69, 9.17) is 0 Å². The number of hydrogen-bond donors (Lipinski definition) is 2. The highest BCUT2D eigenvalue weighted by atomic mass is 32.2. The first-order chi connectivity index (χ1) is 14.7. The van der Waals surface area contributed by atoms with Crippen LogP contribution in [0.2, 0.25) is 0 Å². The zero-order valence-corrected chi connectivity index (χ0v) is 18.5.